The maximum atomic E-state index is 11.5. The van der Waals surface area contributed by atoms with Crippen molar-refractivity contribution in [2.45, 2.75) is 19.8 Å². The van der Waals surface area contributed by atoms with Crippen molar-refractivity contribution in [3.63, 3.8) is 0 Å². The van der Waals surface area contributed by atoms with Crippen LogP contribution in [0.2, 0.25) is 0 Å². The van der Waals surface area contributed by atoms with Gasteiger partial charge in [0.1, 0.15) is 0 Å². The first-order valence-corrected chi connectivity index (χ1v) is 5.14. The summed E-state index contributed by atoms with van der Waals surface area (Å²) in [6.07, 6.45) is 1.10. The Morgan fingerprint density at radius 1 is 1.38 bits per heavy atom. The Morgan fingerprint density at radius 2 is 2.19 bits per heavy atom. The molecule has 1 aliphatic rings. The first-order valence-electron chi connectivity index (χ1n) is 5.14. The van der Waals surface area contributed by atoms with E-state index in [9.17, 15) is 9.59 Å². The molecule has 0 aliphatic carbocycles. The van der Waals surface area contributed by atoms with Gasteiger partial charge in [0, 0.05) is 13.0 Å². The molecule has 3 amide bonds. The maximum Gasteiger partial charge on any atom is 0.329 e. The summed E-state index contributed by atoms with van der Waals surface area (Å²) in [5.74, 6) is 0.224. The van der Waals surface area contributed by atoms with Crippen molar-refractivity contribution in [1.29, 1.82) is 0 Å². The Kier molecular flexibility index (Phi) is 2.80. The van der Waals surface area contributed by atoms with Gasteiger partial charge in [-0.05, 0) is 18.6 Å². The number of hydrogen-bond acceptors (Lipinski definition) is 4. The number of amides is 3. The highest BCUT2D eigenvalue weighted by Crippen LogP contribution is 2.13. The quantitative estimate of drug-likeness (QED) is 0.786. The smallest absolute Gasteiger partial charge is 0.278 e. The average Bonchev–Trinajstić information content (AvgIpc) is 2.29. The molecular formula is C10H12N4O2. The summed E-state index contributed by atoms with van der Waals surface area (Å²) >= 11 is 0. The molecule has 2 rings (SSSR count). The zero-order valence-corrected chi connectivity index (χ0v) is 8.93. The molecule has 0 bridgehead atoms. The molecule has 84 valence electrons. The predicted molar refractivity (Wildman–Crippen MR) is 56.9 cm³/mol. The van der Waals surface area contributed by atoms with Crippen LogP contribution in [0.15, 0.2) is 12.1 Å². The monoisotopic (exact) mass is 220 g/mol. The van der Waals surface area contributed by atoms with E-state index >= 15 is 0 Å². The molecule has 1 saturated heterocycles. The van der Waals surface area contributed by atoms with Gasteiger partial charge in [-0.3, -0.25) is 15.0 Å². The molecule has 0 radical (unpaired) electrons. The number of anilines is 1. The number of hydrogen-bond donors (Lipinski definition) is 1. The highest BCUT2D eigenvalue weighted by molar-refractivity contribution is 6.05. The van der Waals surface area contributed by atoms with Crippen molar-refractivity contribution in [3.8, 4) is 0 Å². The van der Waals surface area contributed by atoms with Crippen LogP contribution in [0.25, 0.3) is 0 Å². The molecule has 0 aromatic carbocycles. The van der Waals surface area contributed by atoms with E-state index in [2.05, 4.69) is 15.5 Å². The zero-order valence-electron chi connectivity index (χ0n) is 8.93. The molecule has 0 unspecified atom stereocenters. The summed E-state index contributed by atoms with van der Waals surface area (Å²) in [4.78, 5) is 23.9. The number of nitrogens with zero attached hydrogens (tertiary/aromatic N) is 3. The lowest BCUT2D eigenvalue weighted by atomic mass is 10.3. The second-order valence-corrected chi connectivity index (χ2v) is 3.49. The molecular weight excluding hydrogens is 208 g/mol. The Morgan fingerprint density at radius 3 is 2.75 bits per heavy atom. The van der Waals surface area contributed by atoms with Crippen molar-refractivity contribution in [3.05, 3.63) is 17.8 Å². The highest BCUT2D eigenvalue weighted by atomic mass is 16.2. The maximum absolute atomic E-state index is 11.5. The van der Waals surface area contributed by atoms with Crippen LogP contribution in [0.3, 0.4) is 0 Å². The van der Waals surface area contributed by atoms with Crippen LogP contribution >= 0.6 is 0 Å². The minimum absolute atomic E-state index is 0.251. The first kappa shape index (κ1) is 10.5. The van der Waals surface area contributed by atoms with E-state index in [0.29, 0.717) is 18.8 Å². The summed E-state index contributed by atoms with van der Waals surface area (Å²) in [6, 6.07) is 3.13. The third-order valence-electron chi connectivity index (χ3n) is 2.40. The standard InChI is InChI=1S/C10H12N4O2/c1-2-7-3-4-8(13-12-7)14-6-5-9(15)11-10(14)16/h3-4H,2,5-6H2,1H3,(H,11,15,16). The van der Waals surface area contributed by atoms with Crippen LogP contribution in [0.1, 0.15) is 19.0 Å². The van der Waals surface area contributed by atoms with E-state index in [1.54, 1.807) is 6.07 Å². The van der Waals surface area contributed by atoms with E-state index in [1.165, 1.54) is 4.90 Å². The summed E-state index contributed by atoms with van der Waals surface area (Å²) in [7, 11) is 0. The SMILES string of the molecule is CCc1ccc(N2CCC(=O)NC2=O)nn1. The second kappa shape index (κ2) is 4.26. The number of aromatic nitrogens is 2. The Balaban J connectivity index is 2.17. The summed E-state index contributed by atoms with van der Waals surface area (Å²) in [6.45, 7) is 2.33. The van der Waals surface area contributed by atoms with E-state index in [1.807, 2.05) is 13.0 Å². The van der Waals surface area contributed by atoms with Gasteiger partial charge >= 0.3 is 6.03 Å². The molecule has 16 heavy (non-hydrogen) atoms. The van der Waals surface area contributed by atoms with Gasteiger partial charge in [-0.2, -0.15) is 5.10 Å². The number of nitrogens with one attached hydrogen (secondary N) is 1. The van der Waals surface area contributed by atoms with Gasteiger partial charge in [0.05, 0.1) is 5.69 Å². The Labute approximate surface area is 92.7 Å². The lowest BCUT2D eigenvalue weighted by Gasteiger charge is -2.24. The summed E-state index contributed by atoms with van der Waals surface area (Å²) < 4.78 is 0. The fourth-order valence-electron chi connectivity index (χ4n) is 1.47. The number of aryl methyl sites for hydroxylation is 1. The molecule has 0 spiro atoms. The van der Waals surface area contributed by atoms with Gasteiger partial charge in [-0.1, -0.05) is 6.92 Å². The Hall–Kier alpha value is -1.98. The molecule has 1 N–H and O–H groups in total. The fourth-order valence-corrected chi connectivity index (χ4v) is 1.47. The highest BCUT2D eigenvalue weighted by Gasteiger charge is 2.25. The van der Waals surface area contributed by atoms with Crippen molar-refractivity contribution in [1.82, 2.24) is 15.5 Å². The molecule has 0 saturated carbocycles. The van der Waals surface area contributed by atoms with Crippen LogP contribution < -0.4 is 10.2 Å². The van der Waals surface area contributed by atoms with E-state index < -0.39 is 6.03 Å². The number of rotatable bonds is 2. The van der Waals surface area contributed by atoms with Gasteiger partial charge < -0.3 is 0 Å². The first-order chi connectivity index (χ1) is 7.70. The van der Waals surface area contributed by atoms with Crippen molar-refractivity contribution in [2.75, 3.05) is 11.4 Å². The molecule has 6 nitrogen and oxygen atoms in total. The molecule has 1 aromatic rings. The number of urea groups is 1. The normalized spacial score (nSPS) is 16.2. The van der Waals surface area contributed by atoms with Crippen LogP contribution in [0.5, 0.6) is 0 Å². The largest absolute Gasteiger partial charge is 0.329 e. The molecule has 6 heteroatoms. The van der Waals surface area contributed by atoms with Crippen molar-refractivity contribution < 1.29 is 9.59 Å². The van der Waals surface area contributed by atoms with E-state index in [4.69, 9.17) is 0 Å². The molecule has 0 atom stereocenters. The van der Waals surface area contributed by atoms with E-state index in [-0.39, 0.29) is 5.91 Å². The van der Waals surface area contributed by atoms with Gasteiger partial charge in [-0.25, -0.2) is 4.79 Å². The summed E-state index contributed by atoms with van der Waals surface area (Å²) in [5.41, 5.74) is 0.872. The third kappa shape index (κ3) is 2.00. The van der Waals surface area contributed by atoms with Crippen LogP contribution in [0, 0.1) is 0 Å². The minimum atomic E-state index is -0.435. The van der Waals surface area contributed by atoms with Gasteiger partial charge in [0.25, 0.3) is 0 Å². The van der Waals surface area contributed by atoms with Crippen molar-refractivity contribution in [2.24, 2.45) is 0 Å². The van der Waals surface area contributed by atoms with Crippen LogP contribution in [-0.4, -0.2) is 28.7 Å². The summed E-state index contributed by atoms with van der Waals surface area (Å²) in [5, 5.41) is 10.2. The number of carbonyl (C=O) groups is 2. The van der Waals surface area contributed by atoms with Crippen LogP contribution in [-0.2, 0) is 11.2 Å². The van der Waals surface area contributed by atoms with Gasteiger partial charge in [0.15, 0.2) is 5.82 Å². The lowest BCUT2D eigenvalue weighted by Crippen LogP contribution is -2.50. The predicted octanol–water partition coefficient (Wildman–Crippen LogP) is 0.485. The Bertz CT molecular complexity index is 415. The number of carbonyl (C=O) groups excluding carboxylic acids is 2. The fraction of sp³-hybridized carbons (Fsp3) is 0.400. The lowest BCUT2D eigenvalue weighted by molar-refractivity contribution is -0.120. The van der Waals surface area contributed by atoms with E-state index in [0.717, 1.165) is 12.1 Å². The van der Waals surface area contributed by atoms with Gasteiger partial charge in [-0.15, -0.1) is 5.10 Å². The number of imide groups is 1. The van der Waals surface area contributed by atoms with Crippen molar-refractivity contribution >= 4 is 17.8 Å². The second-order valence-electron chi connectivity index (χ2n) is 3.49. The molecule has 1 aromatic heterocycles. The molecule has 1 aliphatic heterocycles. The minimum Gasteiger partial charge on any atom is -0.278 e. The average molecular weight is 220 g/mol. The van der Waals surface area contributed by atoms with Crippen LogP contribution in [0.4, 0.5) is 10.6 Å². The topological polar surface area (TPSA) is 75.2 Å². The third-order valence-corrected chi connectivity index (χ3v) is 2.40. The van der Waals surface area contributed by atoms with Gasteiger partial charge in [0.2, 0.25) is 5.91 Å². The molecule has 2 heterocycles. The zero-order chi connectivity index (χ0) is 11.5. The molecule has 1 fully saturated rings.